The van der Waals surface area contributed by atoms with E-state index in [9.17, 15) is 19.2 Å². The van der Waals surface area contributed by atoms with Crippen molar-refractivity contribution >= 4 is 46.0 Å². The number of rotatable bonds is 9. The number of aromatic nitrogens is 2. The van der Waals surface area contributed by atoms with Gasteiger partial charge in [0.05, 0.1) is 23.9 Å². The molecule has 2 fully saturated rings. The minimum atomic E-state index is -0.507. The lowest BCUT2D eigenvalue weighted by molar-refractivity contribution is -0.136. The van der Waals surface area contributed by atoms with Crippen molar-refractivity contribution in [1.82, 2.24) is 19.8 Å². The molecule has 2 aliphatic heterocycles. The lowest BCUT2D eigenvalue weighted by Gasteiger charge is -2.24. The van der Waals surface area contributed by atoms with Crippen LogP contribution in [0.15, 0.2) is 103 Å². The van der Waals surface area contributed by atoms with E-state index in [1.54, 1.807) is 9.80 Å². The Kier molecular flexibility index (Phi) is 9.19. The van der Waals surface area contributed by atoms with Crippen LogP contribution in [0.3, 0.4) is 0 Å². The molecule has 4 aromatic carbocycles. The molecular weight excluding hydrogens is 616 g/mol. The molecule has 1 aromatic heterocycles. The molecule has 10 nitrogen and oxygen atoms in total. The average Bonchev–Trinajstić information content (AvgIpc) is 3.90. The Bertz CT molecular complexity index is 1980. The summed E-state index contributed by atoms with van der Waals surface area (Å²) in [7, 11) is 0. The summed E-state index contributed by atoms with van der Waals surface area (Å²) in [6.45, 7) is 1.15. The van der Waals surface area contributed by atoms with Crippen LogP contribution in [0.1, 0.15) is 36.8 Å². The van der Waals surface area contributed by atoms with Crippen LogP contribution >= 0.6 is 0 Å². The fraction of sp³-hybridized carbons (Fsp3) is 0.256. The van der Waals surface area contributed by atoms with E-state index in [1.165, 1.54) is 0 Å². The van der Waals surface area contributed by atoms with Crippen LogP contribution < -0.4 is 10.6 Å². The normalized spacial score (nSPS) is 17.3. The highest BCUT2D eigenvalue weighted by Gasteiger charge is 2.35. The van der Waals surface area contributed by atoms with Crippen molar-refractivity contribution in [2.45, 2.75) is 50.6 Å². The van der Waals surface area contributed by atoms with E-state index in [4.69, 9.17) is 4.98 Å². The minimum absolute atomic E-state index is 0.0405. The number of carbonyl (C=O) groups is 4. The van der Waals surface area contributed by atoms with Gasteiger partial charge in [0, 0.05) is 30.0 Å². The fourth-order valence-corrected chi connectivity index (χ4v) is 6.80. The number of carbonyl (C=O) groups excluding carboxylic acids is 4. The highest BCUT2D eigenvalue weighted by atomic mass is 16.2. The summed E-state index contributed by atoms with van der Waals surface area (Å²) in [6, 6.07) is 31.1. The van der Waals surface area contributed by atoms with E-state index in [1.807, 2.05) is 103 Å². The molecule has 4 amide bonds. The van der Waals surface area contributed by atoms with Crippen molar-refractivity contribution in [2.75, 3.05) is 23.7 Å². The van der Waals surface area contributed by atoms with Gasteiger partial charge in [-0.1, -0.05) is 60.7 Å². The first-order valence-electron chi connectivity index (χ1n) is 16.8. The lowest BCUT2D eigenvalue weighted by Crippen LogP contribution is -2.43. The summed E-state index contributed by atoms with van der Waals surface area (Å²) in [5, 5.41) is 5.97. The van der Waals surface area contributed by atoms with Crippen molar-refractivity contribution in [2.24, 2.45) is 0 Å². The highest BCUT2D eigenvalue weighted by Crippen LogP contribution is 2.27. The number of nitrogens with one attached hydrogen (secondary N) is 3. The summed E-state index contributed by atoms with van der Waals surface area (Å²) in [4.78, 5) is 63.9. The Hall–Kier alpha value is -5.77. The van der Waals surface area contributed by atoms with Gasteiger partial charge in [-0.3, -0.25) is 19.2 Å². The van der Waals surface area contributed by atoms with E-state index in [2.05, 4.69) is 15.6 Å². The standard InChI is InChI=1S/C39H38N6O4/c46-35(23-26-9-3-1-4-10-26)44-21-7-13-33(44)38(48)40-29-17-15-28(16-18-29)37-42-31-20-19-30(25-32(31)43-37)41-39(49)34-14-8-22-45(34)36(47)24-27-11-5-2-6-12-27/h1-6,9-12,15-20,25,33-34H,7-8,13-14,21-24H2,(H,40,48)(H,41,49)(H,42,43)/t33-,34-/m0/s1. The van der Waals surface area contributed by atoms with E-state index in [-0.39, 0.29) is 36.5 Å². The molecule has 0 bridgehead atoms. The third-order valence-electron chi connectivity index (χ3n) is 9.32. The van der Waals surface area contributed by atoms with E-state index in [0.29, 0.717) is 48.6 Å². The topological polar surface area (TPSA) is 128 Å². The molecular formula is C39H38N6O4. The van der Waals surface area contributed by atoms with Crippen molar-refractivity contribution in [3.63, 3.8) is 0 Å². The predicted octanol–water partition coefficient (Wildman–Crippen LogP) is 5.57. The van der Waals surface area contributed by atoms with Crippen LogP contribution in [0.5, 0.6) is 0 Å². The number of anilines is 2. The Morgan fingerprint density at radius 3 is 1.71 bits per heavy atom. The molecule has 0 aliphatic carbocycles. The van der Waals surface area contributed by atoms with Crippen molar-refractivity contribution in [3.8, 4) is 11.4 Å². The highest BCUT2D eigenvalue weighted by molar-refractivity contribution is 5.99. The summed E-state index contributed by atoms with van der Waals surface area (Å²) in [5.41, 5.74) is 5.45. The van der Waals surface area contributed by atoms with Crippen molar-refractivity contribution in [1.29, 1.82) is 0 Å². The van der Waals surface area contributed by atoms with Crippen LogP contribution in [0, 0.1) is 0 Å². The quantitative estimate of drug-likeness (QED) is 0.192. The molecule has 2 aliphatic rings. The zero-order valence-corrected chi connectivity index (χ0v) is 27.1. The number of aromatic amines is 1. The van der Waals surface area contributed by atoms with Gasteiger partial charge in [0.15, 0.2) is 0 Å². The summed E-state index contributed by atoms with van der Waals surface area (Å²) in [5.74, 6) is 0.176. The van der Waals surface area contributed by atoms with E-state index in [0.717, 1.165) is 35.0 Å². The second-order valence-corrected chi connectivity index (χ2v) is 12.7. The molecule has 0 unspecified atom stereocenters. The number of likely N-dealkylation sites (tertiary alicyclic amines) is 2. The Morgan fingerprint density at radius 2 is 1.16 bits per heavy atom. The molecule has 49 heavy (non-hydrogen) atoms. The molecule has 3 N–H and O–H groups in total. The third-order valence-corrected chi connectivity index (χ3v) is 9.32. The number of hydrogen-bond donors (Lipinski definition) is 3. The van der Waals surface area contributed by atoms with Gasteiger partial charge < -0.3 is 25.4 Å². The Labute approximate surface area is 284 Å². The molecule has 7 rings (SSSR count). The first kappa shape index (κ1) is 31.8. The van der Waals surface area contributed by atoms with Gasteiger partial charge >= 0.3 is 0 Å². The van der Waals surface area contributed by atoms with Gasteiger partial charge in [-0.2, -0.15) is 0 Å². The zero-order valence-electron chi connectivity index (χ0n) is 27.1. The Morgan fingerprint density at radius 1 is 0.653 bits per heavy atom. The second-order valence-electron chi connectivity index (χ2n) is 12.7. The molecule has 10 heteroatoms. The molecule has 0 spiro atoms. The van der Waals surface area contributed by atoms with Gasteiger partial charge in [0.1, 0.15) is 17.9 Å². The van der Waals surface area contributed by atoms with Crippen LogP contribution in [0.4, 0.5) is 11.4 Å². The molecule has 3 heterocycles. The fourth-order valence-electron chi connectivity index (χ4n) is 6.80. The summed E-state index contributed by atoms with van der Waals surface area (Å²) < 4.78 is 0. The number of H-pyrrole nitrogens is 1. The maximum absolute atomic E-state index is 13.3. The maximum Gasteiger partial charge on any atom is 0.247 e. The summed E-state index contributed by atoms with van der Waals surface area (Å²) in [6.07, 6.45) is 3.40. The second kappa shape index (κ2) is 14.1. The monoisotopic (exact) mass is 654 g/mol. The number of fused-ring (bicyclic) bond motifs is 1. The number of amides is 4. The van der Waals surface area contributed by atoms with E-state index >= 15 is 0 Å². The SMILES string of the molecule is O=C(Nc1ccc(-c2nc3cc(NC(=O)[C@@H]4CCCN4C(=O)Cc4ccccc4)ccc3[nH]2)cc1)[C@@H]1CCCN1C(=O)Cc1ccccc1. The van der Waals surface area contributed by atoms with Crippen LogP contribution in [0.2, 0.25) is 0 Å². The van der Waals surface area contributed by atoms with E-state index < -0.39 is 12.1 Å². The van der Waals surface area contributed by atoms with Gasteiger partial charge in [-0.05, 0) is 79.3 Å². The number of nitrogens with zero attached hydrogens (tertiary/aromatic N) is 3. The smallest absolute Gasteiger partial charge is 0.247 e. The molecule has 2 atom stereocenters. The van der Waals surface area contributed by atoms with Gasteiger partial charge in [0.2, 0.25) is 23.6 Å². The minimum Gasteiger partial charge on any atom is -0.338 e. The van der Waals surface area contributed by atoms with Crippen LogP contribution in [0.25, 0.3) is 22.4 Å². The van der Waals surface area contributed by atoms with Gasteiger partial charge in [-0.15, -0.1) is 0 Å². The largest absolute Gasteiger partial charge is 0.338 e. The molecule has 0 radical (unpaired) electrons. The summed E-state index contributed by atoms with van der Waals surface area (Å²) >= 11 is 0. The van der Waals surface area contributed by atoms with Gasteiger partial charge in [-0.25, -0.2) is 4.98 Å². The first-order valence-corrected chi connectivity index (χ1v) is 16.8. The predicted molar refractivity (Wildman–Crippen MR) is 189 cm³/mol. The van der Waals surface area contributed by atoms with Crippen LogP contribution in [-0.2, 0) is 32.0 Å². The van der Waals surface area contributed by atoms with Gasteiger partial charge in [0.25, 0.3) is 0 Å². The number of imidazole rings is 1. The number of benzene rings is 4. The van der Waals surface area contributed by atoms with Crippen molar-refractivity contribution in [3.05, 3.63) is 114 Å². The average molecular weight is 655 g/mol. The third kappa shape index (κ3) is 7.23. The zero-order chi connectivity index (χ0) is 33.7. The molecule has 2 saturated heterocycles. The first-order chi connectivity index (χ1) is 23.9. The molecule has 248 valence electrons. The van der Waals surface area contributed by atoms with Crippen molar-refractivity contribution < 1.29 is 19.2 Å². The molecule has 5 aromatic rings. The lowest BCUT2D eigenvalue weighted by atomic mass is 10.1. The Balaban J connectivity index is 0.967. The number of hydrogen-bond acceptors (Lipinski definition) is 5. The van der Waals surface area contributed by atoms with Crippen LogP contribution in [-0.4, -0.2) is 68.6 Å². The molecule has 0 saturated carbocycles. The maximum atomic E-state index is 13.3.